The third kappa shape index (κ3) is 2.40. The third-order valence-corrected chi connectivity index (χ3v) is 5.24. The zero-order valence-corrected chi connectivity index (χ0v) is 13.1. The summed E-state index contributed by atoms with van der Waals surface area (Å²) in [5.74, 6) is 0.0954. The summed E-state index contributed by atoms with van der Waals surface area (Å²) in [4.78, 5) is 4.52. The molecule has 0 aliphatic heterocycles. The number of pyridine rings is 1. The van der Waals surface area contributed by atoms with Gasteiger partial charge in [-0.3, -0.25) is 4.98 Å². The largest absolute Gasteiger partial charge is 0.388 e. The van der Waals surface area contributed by atoms with E-state index in [1.165, 1.54) is 5.56 Å². The fourth-order valence-electron chi connectivity index (χ4n) is 3.07. The van der Waals surface area contributed by atoms with Crippen LogP contribution in [0.25, 0.3) is 0 Å². The summed E-state index contributed by atoms with van der Waals surface area (Å²) < 4.78 is 1.01. The second kappa shape index (κ2) is 5.66. The van der Waals surface area contributed by atoms with Gasteiger partial charge in [0.2, 0.25) is 0 Å². The van der Waals surface area contributed by atoms with Gasteiger partial charge in [-0.05, 0) is 48.9 Å². The second-order valence-corrected chi connectivity index (χ2v) is 6.26. The van der Waals surface area contributed by atoms with E-state index in [1.807, 2.05) is 37.4 Å². The Morgan fingerprint density at radius 3 is 3.00 bits per heavy atom. The fraction of sp³-hybridized carbons (Fsp3) is 0.353. The lowest BCUT2D eigenvalue weighted by molar-refractivity contribution is 0.133. The summed E-state index contributed by atoms with van der Waals surface area (Å²) in [5.41, 5.74) is 4.47. The first kappa shape index (κ1) is 13.8. The highest BCUT2D eigenvalue weighted by molar-refractivity contribution is 9.10. The van der Waals surface area contributed by atoms with E-state index in [0.29, 0.717) is 0 Å². The van der Waals surface area contributed by atoms with Crippen LogP contribution < -0.4 is 0 Å². The van der Waals surface area contributed by atoms with Crippen LogP contribution in [0.4, 0.5) is 0 Å². The van der Waals surface area contributed by atoms with Gasteiger partial charge < -0.3 is 5.11 Å². The van der Waals surface area contributed by atoms with Gasteiger partial charge in [-0.2, -0.15) is 0 Å². The molecule has 0 amide bonds. The molecule has 1 aromatic heterocycles. The van der Waals surface area contributed by atoms with Crippen LogP contribution in [0.1, 0.15) is 47.2 Å². The minimum atomic E-state index is -0.502. The Bertz CT molecular complexity index is 626. The van der Waals surface area contributed by atoms with Crippen LogP contribution in [0.3, 0.4) is 0 Å². The molecular formula is C17H18BrNO. The van der Waals surface area contributed by atoms with Gasteiger partial charge in [0.15, 0.2) is 0 Å². The summed E-state index contributed by atoms with van der Waals surface area (Å²) in [6.45, 7) is 2.05. The number of fused-ring (bicyclic) bond motifs is 1. The van der Waals surface area contributed by atoms with E-state index >= 15 is 0 Å². The number of nitrogens with zero attached hydrogens (tertiary/aromatic N) is 1. The van der Waals surface area contributed by atoms with Crippen LogP contribution in [0.2, 0.25) is 0 Å². The summed E-state index contributed by atoms with van der Waals surface area (Å²) in [5, 5.41) is 10.8. The van der Waals surface area contributed by atoms with E-state index in [0.717, 1.165) is 40.6 Å². The van der Waals surface area contributed by atoms with Crippen LogP contribution in [-0.4, -0.2) is 10.1 Å². The quantitative estimate of drug-likeness (QED) is 0.889. The van der Waals surface area contributed by atoms with E-state index in [1.54, 1.807) is 0 Å². The van der Waals surface area contributed by atoms with Gasteiger partial charge in [-0.25, -0.2) is 0 Å². The Labute approximate surface area is 128 Å². The van der Waals surface area contributed by atoms with Crippen molar-refractivity contribution in [2.45, 2.75) is 38.2 Å². The molecule has 2 aromatic rings. The highest BCUT2D eigenvalue weighted by Gasteiger charge is 2.29. The Morgan fingerprint density at radius 2 is 2.15 bits per heavy atom. The van der Waals surface area contributed by atoms with Crippen LogP contribution >= 0.6 is 15.9 Å². The Balaban J connectivity index is 2.00. The van der Waals surface area contributed by atoms with E-state index in [2.05, 4.69) is 27.0 Å². The monoisotopic (exact) mass is 331 g/mol. The maximum Gasteiger partial charge on any atom is 0.0884 e. The van der Waals surface area contributed by atoms with Gasteiger partial charge in [-0.15, -0.1) is 0 Å². The average Bonchev–Trinajstić information content (AvgIpc) is 2.49. The van der Waals surface area contributed by atoms with Crippen molar-refractivity contribution in [3.05, 3.63) is 63.4 Å². The molecule has 3 heteroatoms. The van der Waals surface area contributed by atoms with E-state index in [9.17, 15) is 5.11 Å². The van der Waals surface area contributed by atoms with Crippen LogP contribution in [0.5, 0.6) is 0 Å². The summed E-state index contributed by atoms with van der Waals surface area (Å²) in [6.07, 6.45) is 4.50. The van der Waals surface area contributed by atoms with Crippen molar-refractivity contribution in [2.75, 3.05) is 0 Å². The molecule has 0 saturated heterocycles. The lowest BCUT2D eigenvalue weighted by Crippen LogP contribution is -2.19. The predicted octanol–water partition coefficient (Wildman–Crippen LogP) is 4.31. The molecule has 1 aromatic carbocycles. The molecule has 2 nitrogen and oxygen atoms in total. The standard InChI is InChI=1S/C17H18BrNO/c1-11-5-2-8-13(15(11)18)17(20)14-9-3-6-12-7-4-10-19-16(12)14/h2,4-5,7-8,10,14,17,20H,3,6,9H2,1H3. The van der Waals surface area contributed by atoms with Crippen molar-refractivity contribution in [3.63, 3.8) is 0 Å². The van der Waals surface area contributed by atoms with Crippen LogP contribution in [0, 0.1) is 6.92 Å². The molecule has 2 unspecified atom stereocenters. The number of benzene rings is 1. The lowest BCUT2D eigenvalue weighted by Gasteiger charge is -2.29. The normalized spacial score (nSPS) is 19.4. The van der Waals surface area contributed by atoms with Gasteiger partial charge in [0.05, 0.1) is 6.10 Å². The number of hydrogen-bond acceptors (Lipinski definition) is 2. The van der Waals surface area contributed by atoms with Crippen molar-refractivity contribution < 1.29 is 5.11 Å². The van der Waals surface area contributed by atoms with E-state index < -0.39 is 6.10 Å². The Kier molecular flexibility index (Phi) is 3.90. The maximum atomic E-state index is 10.8. The predicted molar refractivity (Wildman–Crippen MR) is 83.8 cm³/mol. The van der Waals surface area contributed by atoms with Crippen molar-refractivity contribution >= 4 is 15.9 Å². The smallest absolute Gasteiger partial charge is 0.0884 e. The molecule has 3 rings (SSSR count). The summed E-state index contributed by atoms with van der Waals surface area (Å²) in [6, 6.07) is 10.2. The molecular weight excluding hydrogens is 314 g/mol. The minimum absolute atomic E-state index is 0.0954. The minimum Gasteiger partial charge on any atom is -0.388 e. The molecule has 0 spiro atoms. The Hall–Kier alpha value is -1.19. The molecule has 104 valence electrons. The number of rotatable bonds is 2. The first-order valence-corrected chi connectivity index (χ1v) is 7.84. The molecule has 1 N–H and O–H groups in total. The molecule has 1 heterocycles. The third-order valence-electron chi connectivity index (χ3n) is 4.16. The summed E-state index contributed by atoms with van der Waals surface area (Å²) in [7, 11) is 0. The van der Waals surface area contributed by atoms with Gasteiger partial charge in [0.1, 0.15) is 0 Å². The van der Waals surface area contributed by atoms with Gasteiger partial charge >= 0.3 is 0 Å². The first-order chi connectivity index (χ1) is 9.68. The Morgan fingerprint density at radius 1 is 1.30 bits per heavy atom. The van der Waals surface area contributed by atoms with Crippen molar-refractivity contribution in [1.82, 2.24) is 4.98 Å². The van der Waals surface area contributed by atoms with Gasteiger partial charge in [-0.1, -0.05) is 40.2 Å². The number of aliphatic hydroxyl groups is 1. The molecule has 0 saturated carbocycles. The first-order valence-electron chi connectivity index (χ1n) is 7.05. The molecule has 0 fully saturated rings. The molecule has 0 radical (unpaired) electrons. The number of halogens is 1. The maximum absolute atomic E-state index is 10.8. The topological polar surface area (TPSA) is 33.1 Å². The number of aryl methyl sites for hydroxylation is 2. The van der Waals surface area contributed by atoms with Crippen molar-refractivity contribution in [1.29, 1.82) is 0 Å². The zero-order chi connectivity index (χ0) is 14.1. The number of aliphatic hydroxyl groups excluding tert-OH is 1. The molecule has 2 atom stereocenters. The van der Waals surface area contributed by atoms with Crippen LogP contribution in [-0.2, 0) is 6.42 Å². The van der Waals surface area contributed by atoms with Gasteiger partial charge in [0.25, 0.3) is 0 Å². The fourth-order valence-corrected chi connectivity index (χ4v) is 3.57. The van der Waals surface area contributed by atoms with E-state index in [4.69, 9.17) is 0 Å². The van der Waals surface area contributed by atoms with Crippen LogP contribution in [0.15, 0.2) is 41.0 Å². The van der Waals surface area contributed by atoms with Crippen molar-refractivity contribution in [3.8, 4) is 0 Å². The number of aromatic nitrogens is 1. The van der Waals surface area contributed by atoms with Crippen molar-refractivity contribution in [2.24, 2.45) is 0 Å². The molecule has 20 heavy (non-hydrogen) atoms. The highest BCUT2D eigenvalue weighted by atomic mass is 79.9. The summed E-state index contributed by atoms with van der Waals surface area (Å²) >= 11 is 3.61. The van der Waals surface area contributed by atoms with Gasteiger partial charge in [0, 0.05) is 22.3 Å². The lowest BCUT2D eigenvalue weighted by atomic mass is 9.81. The second-order valence-electron chi connectivity index (χ2n) is 5.47. The molecule has 1 aliphatic rings. The molecule has 0 bridgehead atoms. The average molecular weight is 332 g/mol. The highest BCUT2D eigenvalue weighted by Crippen LogP contribution is 2.41. The molecule has 1 aliphatic carbocycles. The van der Waals surface area contributed by atoms with E-state index in [-0.39, 0.29) is 5.92 Å². The number of hydrogen-bond donors (Lipinski definition) is 1. The zero-order valence-electron chi connectivity index (χ0n) is 11.5. The SMILES string of the molecule is Cc1cccc(C(O)C2CCCc3cccnc32)c1Br.